The van der Waals surface area contributed by atoms with E-state index >= 15 is 0 Å². The molecule has 7 rings (SSSR count). The molecule has 2 saturated carbocycles. The van der Waals surface area contributed by atoms with E-state index in [0.29, 0.717) is 29.8 Å². The van der Waals surface area contributed by atoms with E-state index in [9.17, 15) is 4.79 Å². The molecule has 3 aliphatic heterocycles. The van der Waals surface area contributed by atoms with Crippen molar-refractivity contribution in [3.05, 3.63) is 65.5 Å². The van der Waals surface area contributed by atoms with Crippen LogP contribution in [0.1, 0.15) is 61.8 Å². The van der Waals surface area contributed by atoms with E-state index in [1.165, 1.54) is 62.0 Å². The molecule has 2 aliphatic carbocycles. The van der Waals surface area contributed by atoms with Gasteiger partial charge in [-0.25, -0.2) is 0 Å². The molecule has 5 unspecified atom stereocenters. The number of benzene rings is 1. The highest BCUT2D eigenvalue weighted by Gasteiger charge is 2.67. The summed E-state index contributed by atoms with van der Waals surface area (Å²) in [5.74, 6) is 1.91. The van der Waals surface area contributed by atoms with Crippen LogP contribution in [0.3, 0.4) is 0 Å². The molecule has 1 aromatic heterocycles. The molecule has 4 fully saturated rings. The zero-order valence-corrected chi connectivity index (χ0v) is 21.0. The van der Waals surface area contributed by atoms with Crippen LogP contribution in [0.15, 0.2) is 48.7 Å². The molecule has 6 atom stereocenters. The maximum Gasteiger partial charge on any atom is 0.235 e. The first-order valence-electron chi connectivity index (χ1n) is 14.0. The number of carbonyl (C=O) groups excluding carboxylic acids is 1. The Morgan fingerprint density at radius 3 is 2.81 bits per heavy atom. The first-order chi connectivity index (χ1) is 17.7. The number of nitrogens with zero attached hydrogens (tertiary/aromatic N) is 2. The van der Waals surface area contributed by atoms with Crippen LogP contribution in [0.4, 0.5) is 5.69 Å². The van der Waals surface area contributed by atoms with Gasteiger partial charge in [-0.05, 0) is 92.6 Å². The van der Waals surface area contributed by atoms with Gasteiger partial charge in [-0.1, -0.05) is 42.8 Å². The third-order valence-electron chi connectivity index (χ3n) is 9.66. The fraction of sp³-hybridized carbons (Fsp3) is 0.533. The molecule has 5 aliphatic rings. The summed E-state index contributed by atoms with van der Waals surface area (Å²) >= 11 is 0. The van der Waals surface area contributed by atoms with Gasteiger partial charge in [0.15, 0.2) is 0 Å². The Morgan fingerprint density at radius 2 is 1.94 bits per heavy atom. The lowest BCUT2D eigenvalue weighted by Gasteiger charge is -2.33. The number of anilines is 1. The van der Waals surface area contributed by atoms with Gasteiger partial charge in [0.25, 0.3) is 0 Å². The summed E-state index contributed by atoms with van der Waals surface area (Å²) in [7, 11) is 0. The lowest BCUT2D eigenvalue weighted by molar-refractivity contribution is -0.118. The van der Waals surface area contributed by atoms with Crippen LogP contribution in [0.25, 0.3) is 6.08 Å². The van der Waals surface area contributed by atoms with E-state index in [4.69, 9.17) is 4.98 Å². The summed E-state index contributed by atoms with van der Waals surface area (Å²) < 4.78 is 0. The molecule has 2 aromatic rings. The minimum Gasteiger partial charge on any atom is -0.325 e. The number of likely N-dealkylation sites (tertiary alicyclic amines) is 1. The Bertz CT molecular complexity index is 1160. The summed E-state index contributed by atoms with van der Waals surface area (Å²) in [6, 6.07) is 13.5. The lowest BCUT2D eigenvalue weighted by Crippen LogP contribution is -2.37. The minimum absolute atomic E-state index is 0.227. The van der Waals surface area contributed by atoms with Crippen molar-refractivity contribution in [1.29, 1.82) is 0 Å². The molecule has 1 amide bonds. The van der Waals surface area contributed by atoms with E-state index in [1.54, 1.807) is 0 Å². The number of nitrogens with one attached hydrogen (secondary N) is 3. The van der Waals surface area contributed by atoms with Gasteiger partial charge in [0.2, 0.25) is 5.91 Å². The second-order valence-corrected chi connectivity index (χ2v) is 11.7. The molecule has 6 nitrogen and oxygen atoms in total. The molecular formula is C30H37N5O. The van der Waals surface area contributed by atoms with Crippen molar-refractivity contribution in [2.45, 2.75) is 69.0 Å². The van der Waals surface area contributed by atoms with Gasteiger partial charge in [-0.3, -0.25) is 25.5 Å². The molecule has 3 N–H and O–H groups in total. The number of fused-ring (bicyclic) bond motifs is 3. The average Bonchev–Trinajstić information content (AvgIpc) is 3.45. The SMILES string of the molecule is O=C1Nc2ccccc2[C@]12CC2C1CCC2C(/C=C/c3ccc(CN4CCCCC4)nc3)NNC2C1. The van der Waals surface area contributed by atoms with Crippen LogP contribution in [0.5, 0.6) is 0 Å². The monoisotopic (exact) mass is 483 g/mol. The predicted octanol–water partition coefficient (Wildman–Crippen LogP) is 4.25. The van der Waals surface area contributed by atoms with Crippen molar-refractivity contribution in [2.24, 2.45) is 17.8 Å². The van der Waals surface area contributed by atoms with Crippen LogP contribution >= 0.6 is 0 Å². The van der Waals surface area contributed by atoms with Gasteiger partial charge in [0.1, 0.15) is 0 Å². The Morgan fingerprint density at radius 1 is 1.06 bits per heavy atom. The van der Waals surface area contributed by atoms with Crippen molar-refractivity contribution in [3.8, 4) is 0 Å². The summed E-state index contributed by atoms with van der Waals surface area (Å²) in [6.07, 6.45) is 15.1. The number of carbonyl (C=O) groups is 1. The highest BCUT2D eigenvalue weighted by molar-refractivity contribution is 6.08. The summed E-state index contributed by atoms with van der Waals surface area (Å²) in [4.78, 5) is 20.2. The average molecular weight is 484 g/mol. The number of hydrogen-bond acceptors (Lipinski definition) is 5. The second-order valence-electron chi connectivity index (χ2n) is 11.7. The molecule has 0 radical (unpaired) electrons. The summed E-state index contributed by atoms with van der Waals surface area (Å²) in [5, 5.41) is 3.15. The van der Waals surface area contributed by atoms with Crippen LogP contribution < -0.4 is 16.2 Å². The fourth-order valence-electron chi connectivity index (χ4n) is 7.64. The number of para-hydroxylation sites is 1. The van der Waals surface area contributed by atoms with Gasteiger partial charge >= 0.3 is 0 Å². The lowest BCUT2D eigenvalue weighted by atomic mass is 9.73. The van der Waals surface area contributed by atoms with Gasteiger partial charge in [-0.2, -0.15) is 0 Å². The van der Waals surface area contributed by atoms with E-state index in [1.807, 2.05) is 18.3 Å². The highest BCUT2D eigenvalue weighted by atomic mass is 16.2. The summed E-state index contributed by atoms with van der Waals surface area (Å²) in [5.41, 5.74) is 11.5. The van der Waals surface area contributed by atoms with Crippen LogP contribution in [-0.4, -0.2) is 41.0 Å². The predicted molar refractivity (Wildman–Crippen MR) is 142 cm³/mol. The standard InChI is InChI=1S/C30H37N5O/c36-29-30(24-6-2-3-7-27(24)32-29)17-25(30)21-10-12-23-26(33-34-28(23)16-21)13-9-20-8-11-22(31-18-20)19-35-14-4-1-5-15-35/h2-3,6-9,11,13,18,21,23,25-26,28,33-34H,1,4-5,10,12,14-17,19H2,(H,32,36)/b13-9+/t21?,23?,25?,26?,28?,30-/m0/s1. The molecule has 188 valence electrons. The molecule has 0 bridgehead atoms. The van der Waals surface area contributed by atoms with Crippen LogP contribution in [-0.2, 0) is 16.8 Å². The van der Waals surface area contributed by atoms with Crippen molar-refractivity contribution in [2.75, 3.05) is 18.4 Å². The zero-order chi connectivity index (χ0) is 24.1. The first-order valence-corrected chi connectivity index (χ1v) is 14.0. The third-order valence-corrected chi connectivity index (χ3v) is 9.66. The zero-order valence-electron chi connectivity index (χ0n) is 21.0. The smallest absolute Gasteiger partial charge is 0.235 e. The van der Waals surface area contributed by atoms with Gasteiger partial charge < -0.3 is 5.32 Å². The van der Waals surface area contributed by atoms with Crippen molar-refractivity contribution < 1.29 is 4.79 Å². The Labute approximate surface area is 213 Å². The maximum absolute atomic E-state index is 12.9. The quantitative estimate of drug-likeness (QED) is 0.593. The van der Waals surface area contributed by atoms with Crippen molar-refractivity contribution in [1.82, 2.24) is 20.7 Å². The highest BCUT2D eigenvalue weighted by Crippen LogP contribution is 2.64. The molecule has 4 heterocycles. The number of piperidine rings is 1. The van der Waals surface area contributed by atoms with Crippen LogP contribution in [0.2, 0.25) is 0 Å². The second kappa shape index (κ2) is 9.09. The molecular weight excluding hydrogens is 446 g/mol. The van der Waals surface area contributed by atoms with Crippen molar-refractivity contribution in [3.63, 3.8) is 0 Å². The summed E-state index contributed by atoms with van der Waals surface area (Å²) in [6.45, 7) is 3.38. The third kappa shape index (κ3) is 3.90. The number of rotatable bonds is 5. The van der Waals surface area contributed by atoms with E-state index in [-0.39, 0.29) is 11.3 Å². The van der Waals surface area contributed by atoms with Gasteiger partial charge in [0.05, 0.1) is 11.1 Å². The Balaban J connectivity index is 0.958. The maximum atomic E-state index is 12.9. The Kier molecular flexibility index (Phi) is 5.72. The number of amides is 1. The van der Waals surface area contributed by atoms with E-state index in [2.05, 4.69) is 57.5 Å². The number of pyridine rings is 1. The fourth-order valence-corrected chi connectivity index (χ4v) is 7.64. The van der Waals surface area contributed by atoms with E-state index < -0.39 is 0 Å². The normalized spacial score (nSPS) is 35.7. The molecule has 1 spiro atoms. The number of hydrazine groups is 1. The largest absolute Gasteiger partial charge is 0.325 e. The van der Waals surface area contributed by atoms with Crippen molar-refractivity contribution >= 4 is 17.7 Å². The minimum atomic E-state index is -0.257. The molecule has 2 saturated heterocycles. The Hall–Kier alpha value is -2.54. The first kappa shape index (κ1) is 22.6. The van der Waals surface area contributed by atoms with Crippen LogP contribution in [0, 0.1) is 17.8 Å². The topological polar surface area (TPSA) is 69.3 Å². The number of hydrogen-bond donors (Lipinski definition) is 3. The van der Waals surface area contributed by atoms with Gasteiger partial charge in [0, 0.05) is 30.5 Å². The number of aromatic nitrogens is 1. The van der Waals surface area contributed by atoms with E-state index in [0.717, 1.165) is 25.1 Å². The molecule has 36 heavy (non-hydrogen) atoms. The molecule has 6 heteroatoms. The molecule has 1 aromatic carbocycles. The van der Waals surface area contributed by atoms with Gasteiger partial charge in [-0.15, -0.1) is 0 Å².